The van der Waals surface area contributed by atoms with Gasteiger partial charge in [-0.05, 0) is 0 Å². The number of carbonyl (C=O) groups excluding carboxylic acids is 2. The molecule has 0 saturated heterocycles. The first-order valence-corrected chi connectivity index (χ1v) is 2.22. The molecule has 0 saturated carbocycles. The fraction of sp³-hybridized carbons (Fsp3) is 0. The summed E-state index contributed by atoms with van der Waals surface area (Å²) >= 11 is 0. The molecule has 0 aromatic carbocycles. The van der Waals surface area contributed by atoms with Crippen LogP contribution in [0.5, 0.6) is 0 Å². The van der Waals surface area contributed by atoms with E-state index in [4.69, 9.17) is 0 Å². The van der Waals surface area contributed by atoms with Crippen LogP contribution in [-0.2, 0) is 4.79 Å². The third kappa shape index (κ3) is 1.02. The van der Waals surface area contributed by atoms with Gasteiger partial charge in [0.25, 0.3) is 0 Å². The molecule has 0 aliphatic rings. The second kappa shape index (κ2) is 2.21. The maximum atomic E-state index is 10.4. The number of Topliss-reactive ketones (excluding diaryl/α,β-unsaturated/α-hetero) is 1. The van der Waals surface area contributed by atoms with Gasteiger partial charge in [-0.3, -0.25) is 9.59 Å². The molecule has 0 aliphatic carbocycles. The molecular weight excluding hydrogens is 122 g/mol. The lowest BCUT2D eigenvalue weighted by atomic mass is 10.3. The van der Waals surface area contributed by atoms with Gasteiger partial charge in [-0.1, -0.05) is 0 Å². The largest absolute Gasteiger partial charge is 0.451 e. The zero-order valence-corrected chi connectivity index (χ0v) is 4.40. The van der Waals surface area contributed by atoms with E-state index in [0.29, 0.717) is 0 Å². The van der Waals surface area contributed by atoms with E-state index in [1.54, 1.807) is 0 Å². The fourth-order valence-corrected chi connectivity index (χ4v) is 0.395. The quantitative estimate of drug-likeness (QED) is 0.318. The second-order valence-corrected chi connectivity index (χ2v) is 1.36. The van der Waals surface area contributed by atoms with Crippen molar-refractivity contribution in [2.24, 2.45) is 0 Å². The minimum atomic E-state index is -0.663. The Morgan fingerprint density at radius 1 is 1.78 bits per heavy atom. The Morgan fingerprint density at radius 3 is 3.00 bits per heavy atom. The van der Waals surface area contributed by atoms with Crippen molar-refractivity contribution in [3.05, 3.63) is 18.4 Å². The smallest absolute Gasteiger partial charge is 0.246 e. The molecule has 0 fully saturated rings. The molecule has 0 N–H and O–H groups in total. The van der Waals surface area contributed by atoms with Crippen LogP contribution < -0.4 is 0 Å². The lowest BCUT2D eigenvalue weighted by Gasteiger charge is -1.75. The summed E-state index contributed by atoms with van der Waals surface area (Å²) in [5.41, 5.74) is 0.0463. The van der Waals surface area contributed by atoms with E-state index < -0.39 is 5.78 Å². The average molecular weight is 125 g/mol. The van der Waals surface area contributed by atoms with E-state index >= 15 is 0 Å². The SMILES string of the molecule is O=CC(=O)c1cocn1. The molecule has 1 heterocycles. The third-order valence-corrected chi connectivity index (χ3v) is 0.792. The summed E-state index contributed by atoms with van der Waals surface area (Å²) in [6.07, 6.45) is 2.41. The van der Waals surface area contributed by atoms with Gasteiger partial charge in [0.2, 0.25) is 5.78 Å². The summed E-state index contributed by atoms with van der Waals surface area (Å²) in [5, 5.41) is 0. The summed E-state index contributed by atoms with van der Waals surface area (Å²) in [6.45, 7) is 0. The van der Waals surface area contributed by atoms with Crippen LogP contribution in [0, 0.1) is 0 Å². The highest BCUT2D eigenvalue weighted by Gasteiger charge is 2.04. The van der Waals surface area contributed by atoms with Crippen molar-refractivity contribution in [2.45, 2.75) is 0 Å². The monoisotopic (exact) mass is 125 g/mol. The Balaban J connectivity index is 2.89. The number of hydrogen-bond acceptors (Lipinski definition) is 4. The van der Waals surface area contributed by atoms with Crippen LogP contribution in [0.25, 0.3) is 0 Å². The topological polar surface area (TPSA) is 60.2 Å². The van der Waals surface area contributed by atoms with E-state index in [9.17, 15) is 9.59 Å². The number of hydrogen-bond donors (Lipinski definition) is 0. The number of ketones is 1. The van der Waals surface area contributed by atoms with Crippen molar-refractivity contribution in [1.82, 2.24) is 4.98 Å². The highest BCUT2D eigenvalue weighted by atomic mass is 16.3. The lowest BCUT2D eigenvalue weighted by Crippen LogP contribution is -1.98. The third-order valence-electron chi connectivity index (χ3n) is 0.792. The van der Waals surface area contributed by atoms with Crippen LogP contribution in [0.3, 0.4) is 0 Å². The van der Waals surface area contributed by atoms with Gasteiger partial charge in [0.1, 0.15) is 6.26 Å². The minimum Gasteiger partial charge on any atom is -0.451 e. The first kappa shape index (κ1) is 5.68. The van der Waals surface area contributed by atoms with Crippen molar-refractivity contribution in [1.29, 1.82) is 0 Å². The molecule has 0 atom stereocenters. The summed E-state index contributed by atoms with van der Waals surface area (Å²) in [5.74, 6) is -0.663. The van der Waals surface area contributed by atoms with Crippen LogP contribution in [0.4, 0.5) is 0 Å². The number of nitrogens with zero attached hydrogens (tertiary/aromatic N) is 1. The zero-order chi connectivity index (χ0) is 6.69. The van der Waals surface area contributed by atoms with Crippen LogP contribution in [-0.4, -0.2) is 17.1 Å². The average Bonchev–Trinajstić information content (AvgIpc) is 2.37. The Hall–Kier alpha value is -1.45. The number of oxazole rings is 1. The fourth-order valence-electron chi connectivity index (χ4n) is 0.395. The van der Waals surface area contributed by atoms with Gasteiger partial charge < -0.3 is 4.42 Å². The molecule has 4 heteroatoms. The number of aldehydes is 1. The van der Waals surface area contributed by atoms with Gasteiger partial charge in [-0.25, -0.2) is 4.98 Å². The van der Waals surface area contributed by atoms with Crippen molar-refractivity contribution in [2.75, 3.05) is 0 Å². The van der Waals surface area contributed by atoms with Crippen molar-refractivity contribution in [3.8, 4) is 0 Å². The molecule has 0 spiro atoms. The van der Waals surface area contributed by atoms with Gasteiger partial charge in [0, 0.05) is 0 Å². The predicted octanol–water partition coefficient (Wildman–Crippen LogP) is 0.0562. The Labute approximate surface area is 50.5 Å². The molecule has 1 rings (SSSR count). The standard InChI is InChI=1S/C5H3NO3/c7-1-5(8)4-2-9-3-6-4/h1-3H. The molecule has 46 valence electrons. The van der Waals surface area contributed by atoms with Gasteiger partial charge in [0.05, 0.1) is 0 Å². The molecule has 0 radical (unpaired) electrons. The van der Waals surface area contributed by atoms with Gasteiger partial charge in [0.15, 0.2) is 18.4 Å². The lowest BCUT2D eigenvalue weighted by molar-refractivity contribution is -0.104. The number of carbonyl (C=O) groups is 2. The molecular formula is C5H3NO3. The summed E-state index contributed by atoms with van der Waals surface area (Å²) < 4.78 is 4.45. The van der Waals surface area contributed by atoms with E-state index in [-0.39, 0.29) is 12.0 Å². The van der Waals surface area contributed by atoms with E-state index in [1.807, 2.05) is 0 Å². The number of rotatable bonds is 2. The predicted molar refractivity (Wildman–Crippen MR) is 26.9 cm³/mol. The van der Waals surface area contributed by atoms with Crippen LogP contribution >= 0.6 is 0 Å². The highest BCUT2D eigenvalue weighted by molar-refractivity contribution is 6.32. The van der Waals surface area contributed by atoms with Gasteiger partial charge in [-0.2, -0.15) is 0 Å². The highest BCUT2D eigenvalue weighted by Crippen LogP contribution is 1.92. The van der Waals surface area contributed by atoms with Crippen molar-refractivity contribution >= 4 is 12.1 Å². The maximum Gasteiger partial charge on any atom is 0.246 e. The van der Waals surface area contributed by atoms with Crippen LogP contribution in [0.2, 0.25) is 0 Å². The van der Waals surface area contributed by atoms with Crippen molar-refractivity contribution < 1.29 is 14.0 Å². The van der Waals surface area contributed by atoms with E-state index in [2.05, 4.69) is 9.40 Å². The van der Waals surface area contributed by atoms with Gasteiger partial charge >= 0.3 is 0 Å². The zero-order valence-electron chi connectivity index (χ0n) is 4.40. The first-order valence-electron chi connectivity index (χ1n) is 2.22. The summed E-state index contributed by atoms with van der Waals surface area (Å²) in [4.78, 5) is 23.6. The number of aromatic nitrogens is 1. The van der Waals surface area contributed by atoms with Crippen LogP contribution in [0.15, 0.2) is 17.1 Å². The Kier molecular flexibility index (Phi) is 1.40. The second-order valence-electron chi connectivity index (χ2n) is 1.36. The molecule has 9 heavy (non-hydrogen) atoms. The minimum absolute atomic E-state index is 0.0463. The first-order chi connectivity index (χ1) is 4.34. The molecule has 0 amide bonds. The molecule has 0 bridgehead atoms. The van der Waals surface area contributed by atoms with Gasteiger partial charge in [-0.15, -0.1) is 0 Å². The maximum absolute atomic E-state index is 10.4. The molecule has 0 unspecified atom stereocenters. The normalized spacial score (nSPS) is 8.89. The van der Waals surface area contributed by atoms with Crippen LogP contribution in [0.1, 0.15) is 10.5 Å². The van der Waals surface area contributed by atoms with Crippen molar-refractivity contribution in [3.63, 3.8) is 0 Å². The molecule has 1 aromatic rings. The van der Waals surface area contributed by atoms with E-state index in [0.717, 1.165) is 12.7 Å². The Bertz CT molecular complexity index is 214. The Morgan fingerprint density at radius 2 is 2.56 bits per heavy atom. The molecule has 0 aliphatic heterocycles. The molecule has 4 nitrogen and oxygen atoms in total. The van der Waals surface area contributed by atoms with E-state index in [1.165, 1.54) is 0 Å². The summed E-state index contributed by atoms with van der Waals surface area (Å²) in [6, 6.07) is 0. The summed E-state index contributed by atoms with van der Waals surface area (Å²) in [7, 11) is 0. The molecule has 1 aromatic heterocycles.